The number of likely N-dealkylation sites (tertiary alicyclic amines) is 1. The molecule has 0 unspecified atom stereocenters. The van der Waals surface area contributed by atoms with Gasteiger partial charge in [-0.05, 0) is 37.0 Å². The van der Waals surface area contributed by atoms with Crippen LogP contribution in [0.2, 0.25) is 0 Å². The molecule has 1 aromatic carbocycles. The van der Waals surface area contributed by atoms with Gasteiger partial charge in [-0.3, -0.25) is 14.4 Å². The first-order valence-electron chi connectivity index (χ1n) is 8.35. The lowest BCUT2D eigenvalue weighted by Crippen LogP contribution is -2.36. The Labute approximate surface area is 150 Å². The Morgan fingerprint density at radius 3 is 2.52 bits per heavy atom. The first-order valence-corrected chi connectivity index (χ1v) is 8.35. The second-order valence-corrected chi connectivity index (χ2v) is 6.62. The molecule has 2 atom stereocenters. The molecule has 1 amide bonds. The number of fused-ring (bicyclic) bond motifs is 2. The van der Waals surface area contributed by atoms with Crippen molar-refractivity contribution in [2.75, 3.05) is 26.2 Å². The predicted molar refractivity (Wildman–Crippen MR) is 97.5 cm³/mol. The quantitative estimate of drug-likeness (QED) is 0.756. The van der Waals surface area contributed by atoms with Gasteiger partial charge in [0.2, 0.25) is 0 Å². The number of benzene rings is 1. The molecular formula is C17H21ClN4O3. The first kappa shape index (κ1) is 17.7. The van der Waals surface area contributed by atoms with Gasteiger partial charge in [-0.15, -0.1) is 12.4 Å². The summed E-state index contributed by atoms with van der Waals surface area (Å²) in [6, 6.07) is 5.15. The van der Waals surface area contributed by atoms with Crippen LogP contribution in [-0.4, -0.2) is 46.5 Å². The Morgan fingerprint density at radius 1 is 1.20 bits per heavy atom. The molecular weight excluding hydrogens is 344 g/mol. The Hall–Kier alpha value is -2.12. The third kappa shape index (κ3) is 2.87. The monoisotopic (exact) mass is 364 g/mol. The van der Waals surface area contributed by atoms with E-state index in [1.54, 1.807) is 18.2 Å². The van der Waals surface area contributed by atoms with E-state index < -0.39 is 11.1 Å². The molecule has 0 saturated carbocycles. The van der Waals surface area contributed by atoms with Gasteiger partial charge in [0.25, 0.3) is 5.91 Å². The van der Waals surface area contributed by atoms with Gasteiger partial charge in [-0.2, -0.15) is 0 Å². The molecule has 8 heteroatoms. The largest absolute Gasteiger partial charge is 0.338 e. The minimum absolute atomic E-state index is 0. The molecule has 2 fully saturated rings. The van der Waals surface area contributed by atoms with Crippen LogP contribution in [0, 0.1) is 11.8 Å². The standard InChI is InChI=1S/C17H20N4O3.ClH/c1-2-21-14-4-3-10(5-13(14)19-15(22)17(21)24)16(23)20-8-11-6-18-7-12(11)9-20;/h3-5,11-12,18H,2,6-9H2,1H3,(H,19,22);1H/t11-,12+;. The number of rotatable bonds is 2. The minimum atomic E-state index is -0.657. The number of amides is 1. The second kappa shape index (κ2) is 6.65. The fourth-order valence-electron chi connectivity index (χ4n) is 3.93. The number of carbonyl (C=O) groups excluding carboxylic acids is 1. The Balaban J connectivity index is 0.00000182. The summed E-state index contributed by atoms with van der Waals surface area (Å²) in [7, 11) is 0. The van der Waals surface area contributed by atoms with Crippen LogP contribution in [0.1, 0.15) is 17.3 Å². The highest BCUT2D eigenvalue weighted by molar-refractivity contribution is 5.97. The number of nitrogens with one attached hydrogen (secondary N) is 2. The molecule has 134 valence electrons. The average Bonchev–Trinajstić information content (AvgIpc) is 3.16. The number of hydrogen-bond donors (Lipinski definition) is 2. The molecule has 2 aromatic rings. The maximum absolute atomic E-state index is 12.8. The lowest BCUT2D eigenvalue weighted by Gasteiger charge is -2.18. The van der Waals surface area contributed by atoms with Gasteiger partial charge in [0.15, 0.2) is 0 Å². The van der Waals surface area contributed by atoms with Crippen LogP contribution in [-0.2, 0) is 6.54 Å². The van der Waals surface area contributed by atoms with Crippen molar-refractivity contribution in [3.63, 3.8) is 0 Å². The van der Waals surface area contributed by atoms with E-state index >= 15 is 0 Å². The Morgan fingerprint density at radius 2 is 1.88 bits per heavy atom. The maximum Gasteiger partial charge on any atom is 0.316 e. The van der Waals surface area contributed by atoms with Gasteiger partial charge >= 0.3 is 11.1 Å². The predicted octanol–water partition coefficient (Wildman–Crippen LogP) is 0.423. The number of carbonyl (C=O) groups is 1. The normalized spacial score (nSPS) is 22.0. The summed E-state index contributed by atoms with van der Waals surface area (Å²) in [5, 5.41) is 3.36. The molecule has 1 aromatic heterocycles. The third-order valence-electron chi connectivity index (χ3n) is 5.21. The average molecular weight is 365 g/mol. The van der Waals surface area contributed by atoms with Gasteiger partial charge in [-0.25, -0.2) is 0 Å². The number of aromatic amines is 1. The maximum atomic E-state index is 12.8. The molecule has 0 aliphatic carbocycles. The Bertz CT molecular complexity index is 924. The topological polar surface area (TPSA) is 87.2 Å². The molecule has 2 N–H and O–H groups in total. The summed E-state index contributed by atoms with van der Waals surface area (Å²) in [6.07, 6.45) is 0. The molecule has 4 rings (SSSR count). The van der Waals surface area contributed by atoms with Crippen LogP contribution in [0.4, 0.5) is 0 Å². The van der Waals surface area contributed by atoms with Gasteiger partial charge in [-0.1, -0.05) is 0 Å². The van der Waals surface area contributed by atoms with Crippen LogP contribution >= 0.6 is 12.4 Å². The van der Waals surface area contributed by atoms with Crippen molar-refractivity contribution in [2.24, 2.45) is 11.8 Å². The lowest BCUT2D eigenvalue weighted by atomic mass is 10.0. The van der Waals surface area contributed by atoms with Crippen molar-refractivity contribution in [3.8, 4) is 0 Å². The van der Waals surface area contributed by atoms with Crippen molar-refractivity contribution >= 4 is 29.3 Å². The molecule has 0 bridgehead atoms. The fourth-order valence-corrected chi connectivity index (χ4v) is 3.93. The third-order valence-corrected chi connectivity index (χ3v) is 5.21. The minimum Gasteiger partial charge on any atom is -0.338 e. The zero-order chi connectivity index (χ0) is 16.8. The van der Waals surface area contributed by atoms with E-state index in [-0.39, 0.29) is 18.3 Å². The smallest absolute Gasteiger partial charge is 0.316 e. The number of aromatic nitrogens is 2. The molecule has 7 nitrogen and oxygen atoms in total. The van der Waals surface area contributed by atoms with Crippen molar-refractivity contribution in [3.05, 3.63) is 44.5 Å². The van der Waals surface area contributed by atoms with Crippen molar-refractivity contribution in [1.82, 2.24) is 19.8 Å². The summed E-state index contributed by atoms with van der Waals surface area (Å²) < 4.78 is 1.42. The zero-order valence-corrected chi connectivity index (χ0v) is 14.8. The van der Waals surface area contributed by atoms with Crippen molar-refractivity contribution < 1.29 is 4.79 Å². The van der Waals surface area contributed by atoms with Gasteiger partial charge in [0.05, 0.1) is 11.0 Å². The highest BCUT2D eigenvalue weighted by Gasteiger charge is 2.38. The molecule has 2 aliphatic heterocycles. The Kier molecular flexibility index (Phi) is 4.71. The van der Waals surface area contributed by atoms with Gasteiger partial charge in [0, 0.05) is 38.3 Å². The molecule has 2 aliphatic rings. The number of aryl methyl sites for hydroxylation is 1. The number of hydrogen-bond acceptors (Lipinski definition) is 4. The first-order chi connectivity index (χ1) is 11.6. The van der Waals surface area contributed by atoms with Crippen molar-refractivity contribution in [2.45, 2.75) is 13.5 Å². The molecule has 25 heavy (non-hydrogen) atoms. The zero-order valence-electron chi connectivity index (χ0n) is 13.9. The van der Waals surface area contributed by atoms with Crippen molar-refractivity contribution in [1.29, 1.82) is 0 Å². The van der Waals surface area contributed by atoms with E-state index in [4.69, 9.17) is 0 Å². The van der Waals surface area contributed by atoms with Crippen LogP contribution in [0.25, 0.3) is 11.0 Å². The lowest BCUT2D eigenvalue weighted by molar-refractivity contribution is 0.0782. The summed E-state index contributed by atoms with van der Waals surface area (Å²) in [5.41, 5.74) is 0.488. The van der Waals surface area contributed by atoms with Crippen LogP contribution in [0.3, 0.4) is 0 Å². The van der Waals surface area contributed by atoms with Crippen LogP contribution in [0.5, 0.6) is 0 Å². The van der Waals surface area contributed by atoms with E-state index in [0.717, 1.165) is 26.2 Å². The summed E-state index contributed by atoms with van der Waals surface area (Å²) >= 11 is 0. The SMILES string of the molecule is CCn1c(=O)c(=O)[nH]c2cc(C(=O)N3C[C@H]4CNC[C@H]4C3)ccc21.Cl. The molecule has 0 radical (unpaired) electrons. The van der Waals surface area contributed by atoms with Crippen LogP contribution in [0.15, 0.2) is 27.8 Å². The van der Waals surface area contributed by atoms with E-state index in [1.165, 1.54) is 4.57 Å². The van der Waals surface area contributed by atoms with E-state index in [2.05, 4.69) is 10.3 Å². The molecule has 0 spiro atoms. The number of nitrogens with zero attached hydrogens (tertiary/aromatic N) is 2. The highest BCUT2D eigenvalue weighted by Crippen LogP contribution is 2.27. The number of halogens is 1. The van der Waals surface area contributed by atoms with Gasteiger partial charge < -0.3 is 19.8 Å². The summed E-state index contributed by atoms with van der Waals surface area (Å²) in [4.78, 5) is 40.9. The summed E-state index contributed by atoms with van der Waals surface area (Å²) in [5.74, 6) is 1.07. The van der Waals surface area contributed by atoms with Gasteiger partial charge in [0.1, 0.15) is 0 Å². The fraction of sp³-hybridized carbons (Fsp3) is 0.471. The second-order valence-electron chi connectivity index (χ2n) is 6.62. The number of H-pyrrole nitrogens is 1. The van der Waals surface area contributed by atoms with Crippen LogP contribution < -0.4 is 16.4 Å². The summed E-state index contributed by atoms with van der Waals surface area (Å²) in [6.45, 7) is 5.73. The molecule has 3 heterocycles. The van der Waals surface area contributed by atoms with E-state index in [9.17, 15) is 14.4 Å². The highest BCUT2D eigenvalue weighted by atomic mass is 35.5. The molecule has 2 saturated heterocycles. The van der Waals surface area contributed by atoms with E-state index in [0.29, 0.717) is 35.0 Å². The van der Waals surface area contributed by atoms with E-state index in [1.807, 2.05) is 11.8 Å².